The van der Waals surface area contributed by atoms with Gasteiger partial charge in [-0.25, -0.2) is 0 Å². The van der Waals surface area contributed by atoms with Gasteiger partial charge in [-0.05, 0) is 62.1 Å². The number of benzene rings is 2. The number of fused-ring (bicyclic) bond motifs is 2. The maximum absolute atomic E-state index is 11.8. The number of carbonyl (C=O) groups excluding carboxylic acids is 2. The summed E-state index contributed by atoms with van der Waals surface area (Å²) < 4.78 is 1.02. The fourth-order valence-electron chi connectivity index (χ4n) is 3.62. The molecule has 27 heavy (non-hydrogen) atoms. The van der Waals surface area contributed by atoms with Crippen LogP contribution in [0.25, 0.3) is 0 Å². The summed E-state index contributed by atoms with van der Waals surface area (Å²) in [6, 6.07) is 13.8. The zero-order chi connectivity index (χ0) is 19.8. The molecule has 2 aromatic carbocycles. The van der Waals surface area contributed by atoms with E-state index in [0.29, 0.717) is 0 Å². The highest BCUT2D eigenvalue weighted by atomic mass is 79.9. The Kier molecular flexibility index (Phi) is 5.17. The molecule has 4 nitrogen and oxygen atoms in total. The van der Waals surface area contributed by atoms with Gasteiger partial charge in [0.15, 0.2) is 0 Å². The van der Waals surface area contributed by atoms with Crippen LogP contribution >= 0.6 is 15.9 Å². The maximum Gasteiger partial charge on any atom is 0.234 e. The molecule has 2 aliphatic heterocycles. The Labute approximate surface area is 168 Å². The first-order valence-corrected chi connectivity index (χ1v) is 10.1. The van der Waals surface area contributed by atoms with Crippen molar-refractivity contribution in [3.8, 4) is 0 Å². The molecule has 4 rings (SSSR count). The summed E-state index contributed by atoms with van der Waals surface area (Å²) in [6.45, 7) is 8.06. The van der Waals surface area contributed by atoms with Crippen LogP contribution in [0.4, 0.5) is 11.4 Å². The molecule has 142 valence electrons. The molecule has 0 aromatic heterocycles. The highest BCUT2D eigenvalue weighted by Crippen LogP contribution is 2.41. The number of amides is 2. The highest BCUT2D eigenvalue weighted by molar-refractivity contribution is 9.10. The molecule has 0 fully saturated rings. The van der Waals surface area contributed by atoms with Crippen molar-refractivity contribution in [2.75, 3.05) is 10.6 Å². The van der Waals surface area contributed by atoms with Gasteiger partial charge in [0.2, 0.25) is 11.8 Å². The van der Waals surface area contributed by atoms with Crippen molar-refractivity contribution in [1.29, 1.82) is 0 Å². The van der Waals surface area contributed by atoms with Gasteiger partial charge in [-0.2, -0.15) is 0 Å². The van der Waals surface area contributed by atoms with Crippen LogP contribution in [-0.2, 0) is 20.4 Å². The van der Waals surface area contributed by atoms with Crippen LogP contribution in [0, 0.1) is 0 Å². The van der Waals surface area contributed by atoms with E-state index in [1.807, 2.05) is 70.2 Å². The van der Waals surface area contributed by atoms with E-state index in [9.17, 15) is 9.59 Å². The Morgan fingerprint density at radius 2 is 1.33 bits per heavy atom. The van der Waals surface area contributed by atoms with Gasteiger partial charge >= 0.3 is 0 Å². The van der Waals surface area contributed by atoms with Crippen molar-refractivity contribution in [3.05, 3.63) is 58.1 Å². The number of nitrogens with one attached hydrogen (secondary N) is 2. The van der Waals surface area contributed by atoms with Crippen LogP contribution in [0.3, 0.4) is 0 Å². The topological polar surface area (TPSA) is 58.2 Å². The SMILES string of the molecule is CCC1(C)C(=O)Nc2ccc(Br)cc21.CCC1(C)C(=O)Nc2ccccc21. The molecule has 2 atom stereocenters. The van der Waals surface area contributed by atoms with Crippen molar-refractivity contribution in [2.45, 2.75) is 51.4 Å². The Balaban J connectivity index is 0.000000156. The second-order valence-electron chi connectivity index (χ2n) is 7.52. The summed E-state index contributed by atoms with van der Waals surface area (Å²) >= 11 is 3.43. The molecule has 2 heterocycles. The van der Waals surface area contributed by atoms with Crippen molar-refractivity contribution >= 4 is 39.1 Å². The van der Waals surface area contributed by atoms with Gasteiger partial charge in [-0.15, -0.1) is 0 Å². The van der Waals surface area contributed by atoms with Gasteiger partial charge in [0.25, 0.3) is 0 Å². The van der Waals surface area contributed by atoms with Crippen molar-refractivity contribution < 1.29 is 9.59 Å². The second kappa shape index (κ2) is 7.12. The van der Waals surface area contributed by atoms with Crippen LogP contribution in [-0.4, -0.2) is 11.8 Å². The zero-order valence-corrected chi connectivity index (χ0v) is 17.7. The van der Waals surface area contributed by atoms with Gasteiger partial charge < -0.3 is 10.6 Å². The molecule has 2 unspecified atom stereocenters. The minimum Gasteiger partial charge on any atom is -0.325 e. The third-order valence-electron chi connectivity index (χ3n) is 6.01. The van der Waals surface area contributed by atoms with E-state index in [1.54, 1.807) is 0 Å². The first-order chi connectivity index (χ1) is 12.8. The molecule has 0 radical (unpaired) electrons. The van der Waals surface area contributed by atoms with Crippen molar-refractivity contribution in [3.63, 3.8) is 0 Å². The first-order valence-electron chi connectivity index (χ1n) is 9.28. The van der Waals surface area contributed by atoms with Crippen LogP contribution in [0.2, 0.25) is 0 Å². The number of anilines is 2. The highest BCUT2D eigenvalue weighted by Gasteiger charge is 2.41. The summed E-state index contributed by atoms with van der Waals surface area (Å²) in [5.41, 5.74) is 3.46. The van der Waals surface area contributed by atoms with E-state index < -0.39 is 0 Å². The number of halogens is 1. The minimum absolute atomic E-state index is 0.105. The van der Waals surface area contributed by atoms with Crippen LogP contribution in [0.5, 0.6) is 0 Å². The largest absolute Gasteiger partial charge is 0.325 e. The van der Waals surface area contributed by atoms with Crippen LogP contribution in [0.1, 0.15) is 51.7 Å². The van der Waals surface area contributed by atoms with Gasteiger partial charge in [-0.1, -0.05) is 48.0 Å². The Morgan fingerprint density at radius 1 is 0.815 bits per heavy atom. The third-order valence-corrected chi connectivity index (χ3v) is 6.50. The molecular formula is C22H25BrN2O2. The standard InChI is InChI=1S/C11H12BrNO.C11H13NO/c1-3-11(2)8-6-7(12)4-5-9(8)13-10(11)14;1-3-11(2)8-6-4-5-7-9(8)12-10(11)13/h4-6H,3H2,1-2H3,(H,13,14);4-7H,3H2,1-2H3,(H,12,13). The number of para-hydroxylation sites is 1. The molecule has 2 aromatic rings. The molecule has 5 heteroatoms. The van der Waals surface area contributed by atoms with E-state index in [2.05, 4.69) is 26.6 Å². The number of carbonyl (C=O) groups is 2. The van der Waals surface area contributed by atoms with Gasteiger partial charge in [0.1, 0.15) is 0 Å². The lowest BCUT2D eigenvalue weighted by Gasteiger charge is -2.19. The first kappa shape index (κ1) is 19.6. The van der Waals surface area contributed by atoms with Gasteiger partial charge in [0.05, 0.1) is 10.8 Å². The van der Waals surface area contributed by atoms with E-state index in [4.69, 9.17) is 0 Å². The molecule has 2 amide bonds. The minimum atomic E-state index is -0.362. The molecule has 0 bridgehead atoms. The lowest BCUT2D eigenvalue weighted by atomic mass is 9.81. The lowest BCUT2D eigenvalue weighted by molar-refractivity contribution is -0.121. The maximum atomic E-state index is 11.8. The summed E-state index contributed by atoms with van der Waals surface area (Å²) in [7, 11) is 0. The van der Waals surface area contributed by atoms with E-state index in [1.165, 1.54) is 0 Å². The molecule has 0 saturated heterocycles. The molecule has 2 N–H and O–H groups in total. The predicted molar refractivity (Wildman–Crippen MR) is 113 cm³/mol. The Hall–Kier alpha value is -2.14. The molecule has 0 aliphatic carbocycles. The average molecular weight is 429 g/mol. The summed E-state index contributed by atoms with van der Waals surface area (Å²) in [5, 5.41) is 5.81. The average Bonchev–Trinajstić information content (AvgIpc) is 3.08. The number of hydrogen-bond donors (Lipinski definition) is 2. The third kappa shape index (κ3) is 3.18. The molecule has 0 saturated carbocycles. The fourth-order valence-corrected chi connectivity index (χ4v) is 3.98. The van der Waals surface area contributed by atoms with Crippen LogP contribution in [0.15, 0.2) is 46.9 Å². The number of rotatable bonds is 2. The normalized spacial score (nSPS) is 25.1. The lowest BCUT2D eigenvalue weighted by Crippen LogP contribution is -2.29. The Morgan fingerprint density at radius 3 is 1.93 bits per heavy atom. The monoisotopic (exact) mass is 428 g/mol. The van der Waals surface area contributed by atoms with Gasteiger partial charge in [0, 0.05) is 15.8 Å². The molecular weight excluding hydrogens is 404 g/mol. The molecule has 2 aliphatic rings. The quantitative estimate of drug-likeness (QED) is 0.674. The molecule has 0 spiro atoms. The zero-order valence-electron chi connectivity index (χ0n) is 16.2. The predicted octanol–water partition coefficient (Wildman–Crippen LogP) is 5.38. The van der Waals surface area contributed by atoms with E-state index >= 15 is 0 Å². The smallest absolute Gasteiger partial charge is 0.234 e. The summed E-state index contributed by atoms with van der Waals surface area (Å²) in [5.74, 6) is 0.226. The fraction of sp³-hybridized carbons (Fsp3) is 0.364. The summed E-state index contributed by atoms with van der Waals surface area (Å²) in [4.78, 5) is 23.4. The second-order valence-corrected chi connectivity index (χ2v) is 8.43. The van der Waals surface area contributed by atoms with Crippen molar-refractivity contribution in [2.24, 2.45) is 0 Å². The Bertz CT molecular complexity index is 911. The van der Waals surface area contributed by atoms with Gasteiger partial charge in [-0.3, -0.25) is 9.59 Å². The van der Waals surface area contributed by atoms with E-state index in [-0.39, 0.29) is 22.6 Å². The summed E-state index contributed by atoms with van der Waals surface area (Å²) in [6.07, 6.45) is 1.66. The van der Waals surface area contributed by atoms with Crippen molar-refractivity contribution in [1.82, 2.24) is 0 Å². The van der Waals surface area contributed by atoms with E-state index in [0.717, 1.165) is 39.8 Å². The number of hydrogen-bond acceptors (Lipinski definition) is 2. The van der Waals surface area contributed by atoms with Crippen LogP contribution < -0.4 is 10.6 Å².